The van der Waals surface area contributed by atoms with Crippen LogP contribution in [0.1, 0.15) is 219 Å². The number of cyclic esters (lactones) is 2. The van der Waals surface area contributed by atoms with Gasteiger partial charge in [-0.2, -0.15) is 12.6 Å². The third kappa shape index (κ3) is 22.1. The van der Waals surface area contributed by atoms with Gasteiger partial charge in [0, 0.05) is 44.1 Å². The smallest absolute Gasteiger partial charge is 0.311 e. The number of ether oxygens (including phenoxy) is 12. The molecule has 0 aromatic carbocycles. The molecular formula is C77H138O22S2. The molecule has 101 heavy (non-hydrogen) atoms. The minimum absolute atomic E-state index is 0.00414. The van der Waals surface area contributed by atoms with Gasteiger partial charge in [0.25, 0.3) is 0 Å². The molecule has 34 atom stereocenters. The predicted octanol–water partition coefficient (Wildman–Crippen LogP) is 11.1. The zero-order valence-electron chi connectivity index (χ0n) is 67.8. The Hall–Kier alpha value is -1.60. The number of hydrogen-bond donors (Lipinski definition) is 8. The molecule has 2 bridgehead atoms. The van der Waals surface area contributed by atoms with Crippen molar-refractivity contribution in [2.24, 2.45) is 70.0 Å². The molecule has 0 amide bonds. The minimum Gasteiger partial charge on any atom is -0.457 e. The van der Waals surface area contributed by atoms with Crippen LogP contribution in [0.5, 0.6) is 0 Å². The fraction of sp³-hybridized carbons (Fsp3) is 0.922. The Balaban J connectivity index is 0.000000365. The number of carbonyl (C=O) groups excluding carboxylic acids is 2. The average molecular weight is 1480 g/mol. The summed E-state index contributed by atoms with van der Waals surface area (Å²) in [5.41, 5.74) is -3.22. The van der Waals surface area contributed by atoms with Gasteiger partial charge in [0.2, 0.25) is 1.43 Å². The summed E-state index contributed by atoms with van der Waals surface area (Å²) in [4.78, 5) is 28.3. The number of aliphatic hydroxyl groups is 7. The lowest BCUT2D eigenvalue weighted by molar-refractivity contribution is -0.327. The Kier molecular flexibility index (Phi) is 31.9. The summed E-state index contributed by atoms with van der Waals surface area (Å²) in [6.07, 6.45) is -10.9. The van der Waals surface area contributed by atoms with Crippen molar-refractivity contribution in [3.8, 4) is 0 Å². The number of thiol groups is 1. The van der Waals surface area contributed by atoms with E-state index in [-0.39, 0.29) is 66.6 Å². The van der Waals surface area contributed by atoms with Crippen molar-refractivity contribution in [3.63, 3.8) is 0 Å². The summed E-state index contributed by atoms with van der Waals surface area (Å²) >= 11 is 4.56. The summed E-state index contributed by atoms with van der Waals surface area (Å²) in [6.45, 7) is 53.6. The Bertz CT molecular complexity index is 2660. The fourth-order valence-corrected chi connectivity index (χ4v) is 17.7. The van der Waals surface area contributed by atoms with Crippen molar-refractivity contribution in [1.29, 1.82) is 1.43 Å². The number of rotatable bonds is 13. The standard InChI is InChI=1S/C40H70O11S.C36H64O11.CH4S/c1-16-28-23(5)33-24(6)30(49-39(12,13)50-33)21(3)18-40(14,43)35(48-37-31(51-52-15)20(2)17-22(4)44-37)25(7)32(26(8)36(42)46-28)47-29-19-38(10,11)34(41)27(9)45-29;1-13-25-20(5)29(39)21(6)27(37)18(3)15-36(12,42)32(47-34-28(38)17(2)14-19(4)43-34)22(7)30(23(8)33(41)45-25)46-26-16-35(10,11)31(40)24(9)44-26;1-2/h20-22,24-35,37,41,43H,5,16-19H2,1-4,6-15H3;17-19,21-32,34,37-40,42H,5,13-16H2,1-4,6-12H3;2H,1H3/t20-,21+,22+,24-,25-,26+,27-,28+,29?,30-,31+,32-,33-,34-,35+,37?,40-;17-,18+,19+,21-,22-,23+,24-,25+,26?,27-,28+,29-,30-,31-,32+,34?,36-;/m00./s1/i15T,41T;;. The van der Waals surface area contributed by atoms with Gasteiger partial charge in [0.05, 0.1) is 108 Å². The summed E-state index contributed by atoms with van der Waals surface area (Å²) < 4.78 is 98.9. The van der Waals surface area contributed by atoms with Crippen molar-refractivity contribution in [2.75, 3.05) is 12.5 Å². The normalized spacial score (nSPS) is 47.8. The molecule has 0 spiro atoms. The van der Waals surface area contributed by atoms with E-state index in [1.165, 1.54) is 0 Å². The van der Waals surface area contributed by atoms with Crippen molar-refractivity contribution >= 4 is 36.6 Å². The van der Waals surface area contributed by atoms with Crippen LogP contribution in [-0.4, -0.2) is 214 Å². The molecule has 590 valence electrons. The SMILES string of the molecule is C=C1[C@@H](CC)OC(=O)[C@H](C)[C@@H](OC2CC(C)(C)[C@@H](O)[C@H](C)O2)[C@H](C)[C@@H](OC2O[C@H](C)C[C@H](C)[C@H]2O)[C@@](C)(O)C[C@@H](C)[C@H](O)[C@H](C)[C@H]1O.CS.[3H]CSO[C@H]1C(O[C@@H]2[C@@H](C)[C@H](OC3CC(C)(C)[C@@H](O[3H])[C@H](C)O3)[C@@H](C)C(=O)O[C@H](CC)C(=C)[C@@H]3OC(C)(C)O[C@H]([C@@H]3C)[C@H](C)C[C@]2(C)O)O[C@H](C)C[C@@H]1C. The van der Waals surface area contributed by atoms with Gasteiger partial charge in [-0.25, -0.2) is 0 Å². The highest BCUT2D eigenvalue weighted by Gasteiger charge is 2.56. The van der Waals surface area contributed by atoms with E-state index in [0.717, 1.165) is 18.5 Å². The second kappa shape index (κ2) is 37.2. The molecule has 4 unspecified atom stereocenters. The Morgan fingerprint density at radius 1 is 0.545 bits per heavy atom. The Labute approximate surface area is 619 Å². The van der Waals surface area contributed by atoms with Gasteiger partial charge in [-0.1, -0.05) is 110 Å². The molecule has 24 heteroatoms. The van der Waals surface area contributed by atoms with Gasteiger partial charge in [0.1, 0.15) is 24.4 Å². The molecule has 7 rings (SSSR count). The van der Waals surface area contributed by atoms with E-state index in [0.29, 0.717) is 37.7 Å². The molecule has 0 aromatic heterocycles. The van der Waals surface area contributed by atoms with E-state index in [9.17, 15) is 40.2 Å². The molecular weight excluding hydrogens is 1340 g/mol. The third-order valence-electron chi connectivity index (χ3n) is 23.0. The lowest BCUT2D eigenvalue weighted by atomic mass is 9.74. The number of carbonyl (C=O) groups is 2. The highest BCUT2D eigenvalue weighted by Crippen LogP contribution is 2.47. The Morgan fingerprint density at radius 2 is 0.990 bits per heavy atom. The minimum atomic E-state index is -1.63. The number of esters is 2. The second-order valence-corrected chi connectivity index (χ2v) is 34.1. The fourth-order valence-electron chi connectivity index (χ4n) is 17.2. The van der Waals surface area contributed by atoms with Gasteiger partial charge in [-0.05, 0) is 172 Å². The molecule has 0 aliphatic carbocycles. The maximum Gasteiger partial charge on any atom is 0.311 e. The molecule has 0 saturated carbocycles. The van der Waals surface area contributed by atoms with E-state index in [2.05, 4.69) is 46.6 Å². The number of hydrogen-bond acceptors (Lipinski definition) is 24. The first kappa shape index (κ1) is 86.6. The third-order valence-corrected chi connectivity index (χ3v) is 23.4. The summed E-state index contributed by atoms with van der Waals surface area (Å²) in [5.74, 6) is -6.77. The molecule has 0 aromatic rings. The highest BCUT2D eigenvalue weighted by molar-refractivity contribution is 7.93. The van der Waals surface area contributed by atoms with Crippen LogP contribution in [0.15, 0.2) is 24.3 Å². The van der Waals surface area contributed by atoms with Gasteiger partial charge < -0.3 is 96.8 Å². The van der Waals surface area contributed by atoms with E-state index in [1.807, 2.05) is 96.9 Å². The quantitative estimate of drug-likeness (QED) is 0.0368. The molecule has 7 aliphatic heterocycles. The van der Waals surface area contributed by atoms with Crippen LogP contribution in [0, 0.1) is 70.0 Å². The maximum atomic E-state index is 14.4. The topological polar surface area (TPSA) is 296 Å². The van der Waals surface area contributed by atoms with Gasteiger partial charge >= 0.3 is 11.9 Å². The maximum absolute atomic E-state index is 14.4. The van der Waals surface area contributed by atoms with Crippen LogP contribution in [0.3, 0.4) is 0 Å². The second-order valence-electron chi connectivity index (χ2n) is 33.7. The van der Waals surface area contributed by atoms with Crippen molar-refractivity contribution < 1.29 is 108 Å². The van der Waals surface area contributed by atoms with Crippen molar-refractivity contribution in [1.82, 2.24) is 0 Å². The van der Waals surface area contributed by atoms with Gasteiger partial charge in [-0.3, -0.25) is 9.59 Å². The zero-order chi connectivity index (χ0) is 78.3. The number of fused-ring (bicyclic) bond motifs is 2. The average Bonchev–Trinajstić information content (AvgIpc) is 0.774. The van der Waals surface area contributed by atoms with Crippen molar-refractivity contribution in [2.45, 2.75) is 370 Å². The highest BCUT2D eigenvalue weighted by atomic mass is 32.2. The van der Waals surface area contributed by atoms with Crippen LogP contribution in [0.25, 0.3) is 0 Å². The van der Waals surface area contributed by atoms with Gasteiger partial charge in [-0.15, -0.1) is 0 Å². The number of aliphatic hydroxyl groups excluding tert-OH is 5. The molecule has 7 saturated heterocycles. The summed E-state index contributed by atoms with van der Waals surface area (Å²) in [6, 6.07) is 0. The lowest BCUT2D eigenvalue weighted by Gasteiger charge is -2.51. The Morgan fingerprint density at radius 3 is 1.46 bits per heavy atom. The molecule has 7 fully saturated rings. The van der Waals surface area contributed by atoms with Crippen LogP contribution in [0.2, 0.25) is 0 Å². The van der Waals surface area contributed by atoms with Crippen LogP contribution in [0.4, 0.5) is 0 Å². The van der Waals surface area contributed by atoms with Crippen LogP contribution < -0.4 is 0 Å². The van der Waals surface area contributed by atoms with E-state index in [4.69, 9.17) is 68.9 Å². The first-order valence-corrected chi connectivity index (χ1v) is 39.2. The summed E-state index contributed by atoms with van der Waals surface area (Å²) in [5, 5.41) is 74.7. The zero-order valence-corrected chi connectivity index (χ0v) is 67.5. The molecule has 22 nitrogen and oxygen atoms in total. The van der Waals surface area contributed by atoms with E-state index >= 15 is 0 Å². The lowest BCUT2D eigenvalue weighted by Crippen LogP contribution is -2.59. The predicted molar refractivity (Wildman–Crippen MR) is 391 cm³/mol. The molecule has 7 aliphatic rings. The van der Waals surface area contributed by atoms with Crippen LogP contribution in [-0.2, 0) is 70.6 Å². The van der Waals surface area contributed by atoms with Crippen LogP contribution >= 0.6 is 24.7 Å². The first-order chi connectivity index (χ1) is 47.7. The summed E-state index contributed by atoms with van der Waals surface area (Å²) in [7, 11) is 0. The largest absolute Gasteiger partial charge is 0.457 e. The van der Waals surface area contributed by atoms with Gasteiger partial charge in [0.15, 0.2) is 30.9 Å². The molecule has 7 heterocycles. The molecule has 7 N–H and O–H groups in total. The van der Waals surface area contributed by atoms with E-state index in [1.54, 1.807) is 54.7 Å². The first-order valence-electron chi connectivity index (χ1n) is 38.5. The van der Waals surface area contributed by atoms with Crippen molar-refractivity contribution in [3.05, 3.63) is 24.3 Å². The van der Waals surface area contributed by atoms with E-state index < -0.39 is 192 Å². The molecule has 0 radical (unpaired) electrons. The monoisotopic (exact) mass is 1480 g/mol.